The van der Waals surface area contributed by atoms with E-state index in [0.717, 1.165) is 41.2 Å². The maximum absolute atomic E-state index is 12.2. The minimum Gasteiger partial charge on any atom is -0.426 e. The molecule has 37 heavy (non-hydrogen) atoms. The van der Waals surface area contributed by atoms with Gasteiger partial charge in [-0.1, -0.05) is 19.3 Å². The van der Waals surface area contributed by atoms with Gasteiger partial charge in [0.15, 0.2) is 0 Å². The van der Waals surface area contributed by atoms with E-state index in [-0.39, 0.29) is 24.8 Å². The Morgan fingerprint density at radius 1 is 0.622 bits per heavy atom. The van der Waals surface area contributed by atoms with Crippen LogP contribution in [0.1, 0.15) is 56.1 Å². The summed E-state index contributed by atoms with van der Waals surface area (Å²) < 4.78 is 21.1. The number of hydrogen-bond acceptors (Lipinski definition) is 8. The minimum absolute atomic E-state index is 0.273. The maximum Gasteiger partial charge on any atom is 0.336 e. The second kappa shape index (κ2) is 11.7. The minimum atomic E-state index is -0.444. The molecule has 4 aromatic rings. The van der Waals surface area contributed by atoms with Gasteiger partial charge in [0, 0.05) is 47.9 Å². The van der Waals surface area contributed by atoms with Crippen molar-refractivity contribution in [3.63, 3.8) is 0 Å². The standard InChI is InChI=1S/C29H28O8/c1-18-14-28(32)36-24-16-20(10-12-22(18)24)34-26(30)8-6-4-3-5-7-9-27(31)35-21-11-13-23-19(2)15-29(33)37-25(23)17-21/h10-17H,3-9H2,1-2H3. The predicted octanol–water partition coefficient (Wildman–Crippen LogP) is 5.76. The first-order valence-electron chi connectivity index (χ1n) is 12.3. The number of rotatable bonds is 10. The maximum atomic E-state index is 12.2. The van der Waals surface area contributed by atoms with Crippen LogP contribution in [0.3, 0.4) is 0 Å². The topological polar surface area (TPSA) is 113 Å². The summed E-state index contributed by atoms with van der Waals surface area (Å²) in [5.41, 5.74) is 1.49. The van der Waals surface area contributed by atoms with Crippen LogP contribution in [-0.4, -0.2) is 11.9 Å². The summed E-state index contributed by atoms with van der Waals surface area (Å²) in [6.45, 7) is 3.64. The Hall–Kier alpha value is -4.20. The highest BCUT2D eigenvalue weighted by atomic mass is 16.5. The fourth-order valence-corrected chi connectivity index (χ4v) is 4.17. The van der Waals surface area contributed by atoms with Gasteiger partial charge < -0.3 is 18.3 Å². The Morgan fingerprint density at radius 3 is 1.46 bits per heavy atom. The van der Waals surface area contributed by atoms with Gasteiger partial charge in [0.25, 0.3) is 0 Å². The molecule has 2 aromatic heterocycles. The number of aryl methyl sites for hydroxylation is 2. The summed E-state index contributed by atoms with van der Waals surface area (Å²) >= 11 is 0. The SMILES string of the molecule is Cc1cc(=O)oc2cc(OC(=O)CCCCCCCC(=O)Oc3ccc4c(C)cc(=O)oc4c3)ccc12. The van der Waals surface area contributed by atoms with E-state index in [2.05, 4.69) is 0 Å². The average molecular weight is 505 g/mol. The second-order valence-corrected chi connectivity index (χ2v) is 9.03. The van der Waals surface area contributed by atoms with Crippen LogP contribution >= 0.6 is 0 Å². The molecule has 0 bridgehead atoms. The molecular weight excluding hydrogens is 476 g/mol. The van der Waals surface area contributed by atoms with E-state index in [9.17, 15) is 19.2 Å². The van der Waals surface area contributed by atoms with E-state index in [4.69, 9.17) is 18.3 Å². The largest absolute Gasteiger partial charge is 0.426 e. The third-order valence-corrected chi connectivity index (χ3v) is 6.07. The molecule has 0 aliphatic carbocycles. The lowest BCUT2D eigenvalue weighted by atomic mass is 10.1. The molecule has 0 aliphatic heterocycles. The van der Waals surface area contributed by atoms with Gasteiger partial charge in [-0.25, -0.2) is 9.59 Å². The van der Waals surface area contributed by atoms with Crippen molar-refractivity contribution in [2.24, 2.45) is 0 Å². The molecule has 0 radical (unpaired) electrons. The van der Waals surface area contributed by atoms with E-state index < -0.39 is 11.3 Å². The van der Waals surface area contributed by atoms with Gasteiger partial charge in [-0.05, 0) is 62.1 Å². The lowest BCUT2D eigenvalue weighted by Gasteiger charge is -2.07. The Kier molecular flexibility index (Phi) is 8.18. The van der Waals surface area contributed by atoms with Crippen LogP contribution in [0.5, 0.6) is 11.5 Å². The number of esters is 2. The van der Waals surface area contributed by atoms with Crippen LogP contribution in [0.4, 0.5) is 0 Å². The van der Waals surface area contributed by atoms with Gasteiger partial charge in [0.1, 0.15) is 22.7 Å². The summed E-state index contributed by atoms with van der Waals surface area (Å²) in [5.74, 6) is -0.0133. The zero-order valence-corrected chi connectivity index (χ0v) is 20.8. The Labute approximate surface area is 212 Å². The number of carbonyl (C=O) groups excluding carboxylic acids is 2. The molecular formula is C29H28O8. The van der Waals surface area contributed by atoms with Crippen LogP contribution in [-0.2, 0) is 9.59 Å². The molecule has 192 valence electrons. The third-order valence-electron chi connectivity index (χ3n) is 6.07. The lowest BCUT2D eigenvalue weighted by Crippen LogP contribution is -2.08. The Bertz CT molecular complexity index is 1440. The zero-order chi connectivity index (χ0) is 26.4. The van der Waals surface area contributed by atoms with E-state index in [1.54, 1.807) is 36.4 Å². The highest BCUT2D eigenvalue weighted by molar-refractivity contribution is 5.83. The van der Waals surface area contributed by atoms with Gasteiger partial charge in [-0.3, -0.25) is 9.59 Å². The molecule has 0 atom stereocenters. The monoisotopic (exact) mass is 504 g/mol. The highest BCUT2D eigenvalue weighted by Gasteiger charge is 2.10. The van der Waals surface area contributed by atoms with Gasteiger partial charge in [0.05, 0.1) is 0 Å². The van der Waals surface area contributed by atoms with Gasteiger partial charge in [-0.2, -0.15) is 0 Å². The van der Waals surface area contributed by atoms with Crippen molar-refractivity contribution in [1.82, 2.24) is 0 Å². The molecule has 2 aromatic carbocycles. The van der Waals surface area contributed by atoms with Crippen molar-refractivity contribution < 1.29 is 27.9 Å². The molecule has 0 N–H and O–H groups in total. The van der Waals surface area contributed by atoms with E-state index in [1.165, 1.54) is 12.1 Å². The fourth-order valence-electron chi connectivity index (χ4n) is 4.17. The van der Waals surface area contributed by atoms with Crippen molar-refractivity contribution in [2.75, 3.05) is 0 Å². The van der Waals surface area contributed by atoms with Crippen LogP contribution < -0.4 is 20.7 Å². The van der Waals surface area contributed by atoms with Crippen molar-refractivity contribution >= 4 is 33.9 Å². The summed E-state index contributed by atoms with van der Waals surface area (Å²) in [4.78, 5) is 47.4. The molecule has 0 aliphatic rings. The summed E-state index contributed by atoms with van der Waals surface area (Å²) in [7, 11) is 0. The number of benzene rings is 2. The number of unbranched alkanes of at least 4 members (excludes halogenated alkanes) is 4. The lowest BCUT2D eigenvalue weighted by molar-refractivity contribution is -0.135. The molecule has 0 unspecified atom stereocenters. The fraction of sp³-hybridized carbons (Fsp3) is 0.310. The van der Waals surface area contributed by atoms with E-state index in [0.29, 0.717) is 35.5 Å². The third kappa shape index (κ3) is 6.94. The van der Waals surface area contributed by atoms with E-state index >= 15 is 0 Å². The van der Waals surface area contributed by atoms with E-state index in [1.807, 2.05) is 13.8 Å². The molecule has 0 saturated heterocycles. The number of hydrogen-bond donors (Lipinski definition) is 0. The first-order valence-corrected chi connectivity index (χ1v) is 12.3. The summed E-state index contributed by atoms with van der Waals surface area (Å²) in [5, 5.41) is 1.59. The molecule has 0 saturated carbocycles. The molecule has 0 fully saturated rings. The normalized spacial score (nSPS) is 11.1. The Morgan fingerprint density at radius 2 is 1.03 bits per heavy atom. The molecule has 4 rings (SSSR count). The second-order valence-electron chi connectivity index (χ2n) is 9.03. The van der Waals surface area contributed by atoms with Crippen molar-refractivity contribution in [3.8, 4) is 11.5 Å². The van der Waals surface area contributed by atoms with Crippen molar-refractivity contribution in [1.29, 1.82) is 0 Å². The van der Waals surface area contributed by atoms with Crippen LogP contribution in [0.25, 0.3) is 21.9 Å². The van der Waals surface area contributed by atoms with Crippen molar-refractivity contribution in [3.05, 3.63) is 80.5 Å². The summed E-state index contributed by atoms with van der Waals surface area (Å²) in [6, 6.07) is 12.8. The van der Waals surface area contributed by atoms with Gasteiger partial charge in [0.2, 0.25) is 0 Å². The van der Waals surface area contributed by atoms with Gasteiger partial charge in [-0.15, -0.1) is 0 Å². The van der Waals surface area contributed by atoms with Crippen molar-refractivity contribution in [2.45, 2.75) is 58.8 Å². The smallest absolute Gasteiger partial charge is 0.336 e. The van der Waals surface area contributed by atoms with Gasteiger partial charge >= 0.3 is 23.2 Å². The average Bonchev–Trinajstić information content (AvgIpc) is 2.82. The quantitative estimate of drug-likeness (QED) is 0.116. The molecule has 2 heterocycles. The molecule has 8 nitrogen and oxygen atoms in total. The zero-order valence-electron chi connectivity index (χ0n) is 20.8. The number of fused-ring (bicyclic) bond motifs is 2. The predicted molar refractivity (Wildman–Crippen MR) is 138 cm³/mol. The first kappa shape index (κ1) is 25.9. The summed E-state index contributed by atoms with van der Waals surface area (Å²) in [6.07, 6.45) is 4.43. The Balaban J connectivity index is 1.13. The molecule has 0 spiro atoms. The molecule has 0 amide bonds. The number of ether oxygens (including phenoxy) is 2. The van der Waals surface area contributed by atoms with Crippen LogP contribution in [0.2, 0.25) is 0 Å². The first-order chi connectivity index (χ1) is 17.8. The van der Waals surface area contributed by atoms with Crippen LogP contribution in [0.15, 0.2) is 67.0 Å². The van der Waals surface area contributed by atoms with Crippen LogP contribution in [0, 0.1) is 13.8 Å². The molecule has 8 heteroatoms. The highest BCUT2D eigenvalue weighted by Crippen LogP contribution is 2.24. The number of carbonyl (C=O) groups is 2.